The largest absolute Gasteiger partial charge is 1.00 e. The van der Waals surface area contributed by atoms with Crippen LogP contribution in [0.15, 0.2) is 0 Å². The Hall–Kier alpha value is 1.22. The SMILES string of the molecule is CCC(O)(S)S(=O)(=O)[O-].[Na+]. The third-order valence-electron chi connectivity index (χ3n) is 0.861. The molecule has 0 rings (SSSR count). The molecule has 0 radical (unpaired) electrons. The molecule has 1 atom stereocenters. The molecular formula is C3H7NaO4S2. The molecule has 1 N–H and O–H groups in total. The third kappa shape index (κ3) is 3.56. The molecule has 0 saturated carbocycles. The van der Waals surface area contributed by atoms with Gasteiger partial charge in [0.15, 0.2) is 4.27 Å². The molecule has 0 aliphatic heterocycles. The molecule has 0 aromatic carbocycles. The van der Waals surface area contributed by atoms with Gasteiger partial charge in [0.05, 0.1) is 0 Å². The summed E-state index contributed by atoms with van der Waals surface area (Å²) in [6.45, 7) is 1.35. The van der Waals surface area contributed by atoms with Crippen molar-refractivity contribution >= 4 is 22.7 Å². The van der Waals surface area contributed by atoms with E-state index in [1.54, 1.807) is 0 Å². The summed E-state index contributed by atoms with van der Waals surface area (Å²) in [5, 5.41) is 8.62. The fourth-order valence-corrected chi connectivity index (χ4v) is 0.530. The van der Waals surface area contributed by atoms with Crippen molar-refractivity contribution in [3.8, 4) is 0 Å². The predicted octanol–water partition coefficient (Wildman–Crippen LogP) is -3.48. The number of thiol groups is 1. The van der Waals surface area contributed by atoms with Crippen LogP contribution < -0.4 is 29.6 Å². The Morgan fingerprint density at radius 2 is 2.00 bits per heavy atom. The van der Waals surface area contributed by atoms with Crippen molar-refractivity contribution in [2.75, 3.05) is 0 Å². The average Bonchev–Trinajstić information content (AvgIpc) is 1.64. The molecule has 0 aromatic heterocycles. The van der Waals surface area contributed by atoms with Crippen molar-refractivity contribution in [2.24, 2.45) is 0 Å². The first kappa shape index (κ1) is 13.8. The summed E-state index contributed by atoms with van der Waals surface area (Å²) in [5.41, 5.74) is 0. The minimum absolute atomic E-state index is 0. The van der Waals surface area contributed by atoms with Gasteiger partial charge < -0.3 is 9.66 Å². The second-order valence-corrected chi connectivity index (χ2v) is 4.18. The van der Waals surface area contributed by atoms with E-state index in [0.717, 1.165) is 0 Å². The molecule has 0 fully saturated rings. The van der Waals surface area contributed by atoms with E-state index in [1.165, 1.54) is 6.92 Å². The smallest absolute Gasteiger partial charge is 0.745 e. The molecule has 0 bridgehead atoms. The second kappa shape index (κ2) is 4.30. The van der Waals surface area contributed by atoms with Crippen LogP contribution in [0.5, 0.6) is 0 Å². The maximum absolute atomic E-state index is 10.0. The molecule has 0 saturated heterocycles. The molecular weight excluding hydrogens is 187 g/mol. The van der Waals surface area contributed by atoms with Crippen LogP contribution in [0.4, 0.5) is 0 Å². The fourth-order valence-electron chi connectivity index (χ4n) is 0.177. The van der Waals surface area contributed by atoms with Gasteiger partial charge in [-0.3, -0.25) is 0 Å². The molecule has 0 amide bonds. The summed E-state index contributed by atoms with van der Waals surface area (Å²) in [4.78, 5) is 0. The van der Waals surface area contributed by atoms with Gasteiger partial charge in [0.1, 0.15) is 10.1 Å². The Labute approximate surface area is 87.5 Å². The van der Waals surface area contributed by atoms with E-state index in [0.29, 0.717) is 0 Å². The topological polar surface area (TPSA) is 77.4 Å². The van der Waals surface area contributed by atoms with Crippen LogP contribution in [0.25, 0.3) is 0 Å². The minimum Gasteiger partial charge on any atom is -0.745 e. The van der Waals surface area contributed by atoms with Gasteiger partial charge in [-0.05, 0) is 6.42 Å². The standard InChI is InChI=1S/C3H8O4S2.Na/c1-2-3(4,8)9(5,6)7;/h4,8H,2H2,1H3,(H,5,6,7);/q;+1/p-1. The monoisotopic (exact) mass is 194 g/mol. The normalized spacial score (nSPS) is 17.2. The third-order valence-corrected chi connectivity index (χ3v) is 2.94. The van der Waals surface area contributed by atoms with Gasteiger partial charge >= 0.3 is 29.6 Å². The zero-order chi connectivity index (χ0) is 7.71. The summed E-state index contributed by atoms with van der Waals surface area (Å²) >= 11 is 3.22. The van der Waals surface area contributed by atoms with E-state index in [2.05, 4.69) is 12.6 Å². The molecule has 10 heavy (non-hydrogen) atoms. The van der Waals surface area contributed by atoms with Gasteiger partial charge in [0.2, 0.25) is 0 Å². The Morgan fingerprint density at radius 3 is 2.00 bits per heavy atom. The van der Waals surface area contributed by atoms with Gasteiger partial charge in [-0.15, -0.1) is 12.6 Å². The Morgan fingerprint density at radius 1 is 1.70 bits per heavy atom. The van der Waals surface area contributed by atoms with Gasteiger partial charge in [0.25, 0.3) is 0 Å². The first-order valence-electron chi connectivity index (χ1n) is 2.21. The first-order chi connectivity index (χ1) is 3.81. The van der Waals surface area contributed by atoms with Gasteiger partial charge in [0, 0.05) is 0 Å². The zero-order valence-corrected chi connectivity index (χ0v) is 9.45. The Balaban J connectivity index is 0. The van der Waals surface area contributed by atoms with Crippen LogP contribution in [0, 0.1) is 0 Å². The molecule has 7 heteroatoms. The Kier molecular flexibility index (Phi) is 5.92. The summed E-state index contributed by atoms with van der Waals surface area (Å²) in [6, 6.07) is 0. The molecule has 1 unspecified atom stereocenters. The van der Waals surface area contributed by atoms with E-state index < -0.39 is 14.4 Å². The van der Waals surface area contributed by atoms with Crippen molar-refractivity contribution in [1.29, 1.82) is 0 Å². The van der Waals surface area contributed by atoms with E-state index in [1.807, 2.05) is 0 Å². The predicted molar refractivity (Wildman–Crippen MR) is 33.9 cm³/mol. The number of rotatable bonds is 2. The van der Waals surface area contributed by atoms with Crippen molar-refractivity contribution < 1.29 is 47.6 Å². The summed E-state index contributed by atoms with van der Waals surface area (Å²) < 4.78 is 27.6. The van der Waals surface area contributed by atoms with Crippen LogP contribution in [0.3, 0.4) is 0 Å². The molecule has 56 valence electrons. The van der Waals surface area contributed by atoms with Crippen LogP contribution in [0.1, 0.15) is 13.3 Å². The van der Waals surface area contributed by atoms with Gasteiger partial charge in [-0.1, -0.05) is 6.92 Å². The minimum atomic E-state index is -4.68. The van der Waals surface area contributed by atoms with Gasteiger partial charge in [-0.25, -0.2) is 8.42 Å². The number of hydrogen-bond donors (Lipinski definition) is 2. The van der Waals surface area contributed by atoms with Crippen LogP contribution >= 0.6 is 12.6 Å². The number of hydrogen-bond acceptors (Lipinski definition) is 5. The molecule has 0 heterocycles. The average molecular weight is 194 g/mol. The maximum Gasteiger partial charge on any atom is 1.00 e. The van der Waals surface area contributed by atoms with Gasteiger partial charge in [-0.2, -0.15) is 0 Å². The second-order valence-electron chi connectivity index (χ2n) is 1.55. The number of aliphatic hydroxyl groups is 1. The summed E-state index contributed by atoms with van der Waals surface area (Å²) in [6.07, 6.45) is -0.220. The molecule has 0 spiro atoms. The fraction of sp³-hybridized carbons (Fsp3) is 1.00. The van der Waals surface area contributed by atoms with E-state index in [9.17, 15) is 13.0 Å². The van der Waals surface area contributed by atoms with Crippen molar-refractivity contribution in [3.05, 3.63) is 0 Å². The quantitative estimate of drug-likeness (QED) is 0.207. The summed E-state index contributed by atoms with van der Waals surface area (Å²) in [5.74, 6) is 0. The van der Waals surface area contributed by atoms with Crippen LogP contribution in [0.2, 0.25) is 0 Å². The zero-order valence-electron chi connectivity index (χ0n) is 5.73. The van der Waals surface area contributed by atoms with Crippen LogP contribution in [-0.4, -0.2) is 22.3 Å². The van der Waals surface area contributed by atoms with Crippen molar-refractivity contribution in [3.63, 3.8) is 0 Å². The van der Waals surface area contributed by atoms with E-state index in [4.69, 9.17) is 5.11 Å². The van der Waals surface area contributed by atoms with E-state index in [-0.39, 0.29) is 36.0 Å². The summed E-state index contributed by atoms with van der Waals surface area (Å²) in [7, 11) is -4.68. The van der Waals surface area contributed by atoms with Crippen molar-refractivity contribution in [2.45, 2.75) is 17.6 Å². The Bertz CT molecular complexity index is 185. The van der Waals surface area contributed by atoms with Crippen molar-refractivity contribution in [1.82, 2.24) is 0 Å². The van der Waals surface area contributed by atoms with Crippen LogP contribution in [-0.2, 0) is 10.1 Å². The molecule has 4 nitrogen and oxygen atoms in total. The molecule has 0 aliphatic rings. The van der Waals surface area contributed by atoms with E-state index >= 15 is 0 Å². The maximum atomic E-state index is 10.0. The molecule has 0 aromatic rings. The first-order valence-corrected chi connectivity index (χ1v) is 4.07. The molecule has 0 aliphatic carbocycles.